The Hall–Kier alpha value is -3.05. The number of carboxylic acid groups (broad SMARTS) is 1. The lowest BCUT2D eigenvalue weighted by molar-refractivity contribution is -0.605. The number of ether oxygens (including phenoxy) is 1. The fourth-order valence-electron chi connectivity index (χ4n) is 5.34. The Morgan fingerprint density at radius 2 is 1.82 bits per heavy atom. The van der Waals surface area contributed by atoms with Crippen LogP contribution in [-0.4, -0.2) is 29.1 Å². The van der Waals surface area contributed by atoms with E-state index in [9.17, 15) is 19.9 Å². The van der Waals surface area contributed by atoms with Crippen molar-refractivity contribution >= 4 is 28.9 Å². The van der Waals surface area contributed by atoms with E-state index in [-0.39, 0.29) is 34.3 Å². The quantitative estimate of drug-likeness (QED) is 0.275. The van der Waals surface area contributed by atoms with Crippen molar-refractivity contribution in [3.63, 3.8) is 0 Å². The van der Waals surface area contributed by atoms with E-state index in [4.69, 9.17) is 4.74 Å². The predicted molar refractivity (Wildman–Crippen MR) is 148 cm³/mol. The maximum atomic E-state index is 14.0. The van der Waals surface area contributed by atoms with Crippen LogP contribution in [0.3, 0.4) is 0 Å². The molecule has 7 nitrogen and oxygen atoms in total. The highest BCUT2D eigenvalue weighted by molar-refractivity contribution is 7.15. The van der Waals surface area contributed by atoms with Crippen molar-refractivity contribution in [2.24, 2.45) is 17.3 Å². The SMILES string of the molecule is CC(C)(C)C#Cc1cc(N(C(=O)[C@H]2CC[C@H](C)CC2)[C@H]2CC[C@H](Oc3ccc[n+]([O-])c3)CC2)c(C(=O)O)s1. The number of pyridine rings is 1. The molecule has 0 bridgehead atoms. The molecule has 0 aromatic carbocycles. The number of hydrogen-bond acceptors (Lipinski definition) is 5. The Bertz CT molecular complexity index is 1210. The third-order valence-electron chi connectivity index (χ3n) is 7.39. The Morgan fingerprint density at radius 3 is 2.42 bits per heavy atom. The average Bonchev–Trinajstić information content (AvgIpc) is 3.28. The van der Waals surface area contributed by atoms with Crippen molar-refractivity contribution in [3.05, 3.63) is 45.6 Å². The maximum absolute atomic E-state index is 14.0. The summed E-state index contributed by atoms with van der Waals surface area (Å²) in [5, 5.41) is 21.7. The van der Waals surface area contributed by atoms with Gasteiger partial charge in [-0.2, -0.15) is 4.73 Å². The molecule has 204 valence electrons. The summed E-state index contributed by atoms with van der Waals surface area (Å²) in [6.45, 7) is 8.26. The number of thiophene rings is 1. The molecule has 1 N–H and O–H groups in total. The van der Waals surface area contributed by atoms with Gasteiger partial charge in [-0.15, -0.1) is 11.3 Å². The Balaban J connectivity index is 1.60. The molecule has 2 saturated carbocycles. The number of rotatable bonds is 6. The molecule has 0 saturated heterocycles. The number of anilines is 1. The normalized spacial score (nSPS) is 23.7. The van der Waals surface area contributed by atoms with E-state index in [1.807, 2.05) is 20.8 Å². The van der Waals surface area contributed by atoms with Gasteiger partial charge in [-0.3, -0.25) is 4.79 Å². The molecular formula is C30H38N2O5S. The number of hydrogen-bond donors (Lipinski definition) is 1. The van der Waals surface area contributed by atoms with Crippen LogP contribution in [0.15, 0.2) is 30.6 Å². The van der Waals surface area contributed by atoms with Gasteiger partial charge in [-0.25, -0.2) is 4.79 Å². The first kappa shape index (κ1) is 28.0. The highest BCUT2D eigenvalue weighted by Gasteiger charge is 2.38. The molecular weight excluding hydrogens is 500 g/mol. The molecule has 0 aliphatic heterocycles. The number of carboxylic acids is 1. The second-order valence-electron chi connectivity index (χ2n) is 11.7. The fourth-order valence-corrected chi connectivity index (χ4v) is 6.18. The zero-order valence-electron chi connectivity index (χ0n) is 22.7. The van der Waals surface area contributed by atoms with Crippen molar-refractivity contribution in [3.8, 4) is 17.6 Å². The van der Waals surface area contributed by atoms with E-state index >= 15 is 0 Å². The molecule has 2 fully saturated rings. The fraction of sp³-hybridized carbons (Fsp3) is 0.567. The molecule has 2 heterocycles. The average molecular weight is 539 g/mol. The molecule has 0 atom stereocenters. The number of amides is 1. The molecule has 0 spiro atoms. The van der Waals surface area contributed by atoms with Crippen molar-refractivity contribution in [1.82, 2.24) is 0 Å². The number of aromatic nitrogens is 1. The summed E-state index contributed by atoms with van der Waals surface area (Å²) in [5.74, 6) is 6.38. The summed E-state index contributed by atoms with van der Waals surface area (Å²) < 4.78 is 6.77. The summed E-state index contributed by atoms with van der Waals surface area (Å²) in [5.41, 5.74) is 0.258. The minimum atomic E-state index is -1.03. The zero-order chi connectivity index (χ0) is 27.4. The second kappa shape index (κ2) is 11.8. The van der Waals surface area contributed by atoms with Crippen LogP contribution in [0.4, 0.5) is 5.69 Å². The van der Waals surface area contributed by atoms with Gasteiger partial charge in [0, 0.05) is 23.4 Å². The van der Waals surface area contributed by atoms with Gasteiger partial charge in [0.1, 0.15) is 4.88 Å². The third kappa shape index (κ3) is 7.08. The number of nitrogens with zero attached hydrogens (tertiary/aromatic N) is 2. The van der Waals surface area contributed by atoms with E-state index in [1.165, 1.54) is 12.4 Å². The first-order chi connectivity index (χ1) is 18.0. The number of aromatic carboxylic acids is 1. The molecule has 2 aliphatic carbocycles. The van der Waals surface area contributed by atoms with E-state index < -0.39 is 5.97 Å². The van der Waals surface area contributed by atoms with Crippen LogP contribution < -0.4 is 14.4 Å². The first-order valence-corrected chi connectivity index (χ1v) is 14.4. The summed E-state index contributed by atoms with van der Waals surface area (Å²) >= 11 is 1.15. The number of carbonyl (C=O) groups is 2. The number of carbonyl (C=O) groups excluding carboxylic acids is 1. The van der Waals surface area contributed by atoms with Crippen molar-refractivity contribution in [2.45, 2.75) is 91.2 Å². The summed E-state index contributed by atoms with van der Waals surface area (Å²) in [6.07, 6.45) is 9.29. The van der Waals surface area contributed by atoms with Crippen molar-refractivity contribution < 1.29 is 24.2 Å². The molecule has 1 amide bonds. The van der Waals surface area contributed by atoms with E-state index in [2.05, 4.69) is 18.8 Å². The van der Waals surface area contributed by atoms with Crippen LogP contribution in [-0.2, 0) is 4.79 Å². The van der Waals surface area contributed by atoms with Crippen molar-refractivity contribution in [2.75, 3.05) is 4.90 Å². The molecule has 0 radical (unpaired) electrons. The van der Waals surface area contributed by atoms with Crippen LogP contribution in [0.25, 0.3) is 0 Å². The van der Waals surface area contributed by atoms with Crippen LogP contribution >= 0.6 is 11.3 Å². The van der Waals surface area contributed by atoms with E-state index in [0.29, 0.717) is 47.9 Å². The van der Waals surface area contributed by atoms with Gasteiger partial charge < -0.3 is 20.0 Å². The predicted octanol–water partition coefficient (Wildman–Crippen LogP) is 6.03. The zero-order valence-corrected chi connectivity index (χ0v) is 23.6. The molecule has 0 unspecified atom stereocenters. The Labute approximate surface area is 229 Å². The second-order valence-corrected chi connectivity index (χ2v) is 12.8. The van der Waals surface area contributed by atoms with Gasteiger partial charge in [0.05, 0.1) is 16.7 Å². The van der Waals surface area contributed by atoms with Gasteiger partial charge >= 0.3 is 5.97 Å². The molecule has 2 aliphatic rings. The van der Waals surface area contributed by atoms with Gasteiger partial charge in [0.25, 0.3) is 0 Å². The van der Waals surface area contributed by atoms with Gasteiger partial charge in [0.15, 0.2) is 11.9 Å². The minimum absolute atomic E-state index is 0.0346. The van der Waals surface area contributed by atoms with Crippen LogP contribution in [0.5, 0.6) is 5.75 Å². The third-order valence-corrected chi connectivity index (χ3v) is 8.42. The lowest BCUT2D eigenvalue weighted by atomic mass is 9.81. The largest absolute Gasteiger partial charge is 0.619 e. The minimum Gasteiger partial charge on any atom is -0.619 e. The van der Waals surface area contributed by atoms with Crippen LogP contribution in [0, 0.1) is 34.3 Å². The molecule has 4 rings (SSSR count). The van der Waals surface area contributed by atoms with Gasteiger partial charge in [-0.1, -0.05) is 18.8 Å². The summed E-state index contributed by atoms with van der Waals surface area (Å²) in [7, 11) is 0. The molecule has 2 aromatic heterocycles. The highest BCUT2D eigenvalue weighted by Crippen LogP contribution is 2.39. The van der Waals surface area contributed by atoms with E-state index in [0.717, 1.165) is 41.8 Å². The topological polar surface area (TPSA) is 93.8 Å². The maximum Gasteiger partial charge on any atom is 0.348 e. The summed E-state index contributed by atoms with van der Waals surface area (Å²) in [4.78, 5) is 29.0. The summed E-state index contributed by atoms with van der Waals surface area (Å²) in [6, 6.07) is 5.11. The molecule has 38 heavy (non-hydrogen) atoms. The Morgan fingerprint density at radius 1 is 1.13 bits per heavy atom. The lowest BCUT2D eigenvalue weighted by Gasteiger charge is -2.39. The van der Waals surface area contributed by atoms with Crippen LogP contribution in [0.1, 0.15) is 93.6 Å². The molecule has 8 heteroatoms. The smallest absolute Gasteiger partial charge is 0.348 e. The molecule has 2 aromatic rings. The lowest BCUT2D eigenvalue weighted by Crippen LogP contribution is -2.47. The first-order valence-electron chi connectivity index (χ1n) is 13.6. The highest BCUT2D eigenvalue weighted by atomic mass is 32.1. The standard InChI is InChI=1S/C30H38N2O5S/c1-20-7-9-21(10-8-20)28(33)32(26-18-25(15-16-30(2,3)4)38-27(26)29(34)35)22-11-13-23(14-12-22)37-24-6-5-17-31(36)19-24/h5-6,17-23H,7-14H2,1-4H3,(H,34,35)/t20-,21-,22-,23-. The Kier molecular flexibility index (Phi) is 8.67. The van der Waals surface area contributed by atoms with Crippen molar-refractivity contribution in [1.29, 1.82) is 0 Å². The van der Waals surface area contributed by atoms with E-state index in [1.54, 1.807) is 23.1 Å². The van der Waals surface area contributed by atoms with Gasteiger partial charge in [-0.05, 0) is 90.2 Å². The monoisotopic (exact) mass is 538 g/mol. The van der Waals surface area contributed by atoms with Gasteiger partial charge in [0.2, 0.25) is 12.1 Å². The van der Waals surface area contributed by atoms with Crippen LogP contribution in [0.2, 0.25) is 0 Å².